The van der Waals surface area contributed by atoms with Crippen molar-refractivity contribution in [1.29, 1.82) is 0 Å². The van der Waals surface area contributed by atoms with Crippen LogP contribution in [0, 0.1) is 6.92 Å². The minimum Gasteiger partial charge on any atom is -0.465 e. The van der Waals surface area contributed by atoms with E-state index in [1.807, 2.05) is 13.8 Å². The Bertz CT molecular complexity index is 456. The largest absolute Gasteiger partial charge is 0.465 e. The molecular weight excluding hydrogens is 274 g/mol. The zero-order valence-electron chi connectivity index (χ0n) is 10.6. The highest BCUT2D eigenvalue weighted by Crippen LogP contribution is 2.34. The molecule has 1 aromatic heterocycles. The standard InChI is InChI=1S/C12H16ClNO3S/c1-4-8-7(2)18-11(10(8)12(16)17-3)14-9(15)5-6-13/h4-6H2,1-3H3,(H,14,15). The lowest BCUT2D eigenvalue weighted by Gasteiger charge is -2.06. The van der Waals surface area contributed by atoms with Gasteiger partial charge in [0.05, 0.1) is 12.7 Å². The monoisotopic (exact) mass is 289 g/mol. The highest BCUT2D eigenvalue weighted by atomic mass is 35.5. The number of anilines is 1. The van der Waals surface area contributed by atoms with E-state index in [0.717, 1.165) is 16.9 Å². The van der Waals surface area contributed by atoms with Crippen LogP contribution in [0.15, 0.2) is 0 Å². The van der Waals surface area contributed by atoms with Gasteiger partial charge < -0.3 is 10.1 Å². The Labute approximate surface area is 115 Å². The number of alkyl halides is 1. The number of esters is 1. The molecule has 0 bridgehead atoms. The first-order chi connectivity index (χ1) is 8.54. The molecule has 100 valence electrons. The number of thiophene rings is 1. The van der Waals surface area contributed by atoms with Gasteiger partial charge in [-0.3, -0.25) is 4.79 Å². The van der Waals surface area contributed by atoms with Crippen molar-refractivity contribution in [3.05, 3.63) is 16.0 Å². The van der Waals surface area contributed by atoms with Gasteiger partial charge in [0, 0.05) is 17.2 Å². The van der Waals surface area contributed by atoms with E-state index in [1.54, 1.807) is 0 Å². The number of aryl methyl sites for hydroxylation is 1. The molecule has 1 amide bonds. The maximum absolute atomic E-state index is 11.8. The fourth-order valence-corrected chi connectivity index (χ4v) is 3.01. The fourth-order valence-electron chi connectivity index (χ4n) is 1.69. The van der Waals surface area contributed by atoms with E-state index in [9.17, 15) is 9.59 Å². The van der Waals surface area contributed by atoms with Crippen LogP contribution in [0.3, 0.4) is 0 Å². The zero-order valence-corrected chi connectivity index (χ0v) is 12.2. The van der Waals surface area contributed by atoms with Crippen LogP contribution in [0.1, 0.15) is 34.1 Å². The van der Waals surface area contributed by atoms with E-state index >= 15 is 0 Å². The third-order valence-electron chi connectivity index (χ3n) is 2.53. The average molecular weight is 290 g/mol. The molecule has 0 unspecified atom stereocenters. The second kappa shape index (κ2) is 6.75. The van der Waals surface area contributed by atoms with Crippen molar-refractivity contribution in [2.75, 3.05) is 18.3 Å². The number of rotatable bonds is 5. The number of halogens is 1. The molecule has 0 saturated heterocycles. The van der Waals surface area contributed by atoms with Crippen LogP contribution < -0.4 is 5.32 Å². The van der Waals surface area contributed by atoms with Gasteiger partial charge in [-0.1, -0.05) is 6.92 Å². The molecule has 4 nitrogen and oxygen atoms in total. The van der Waals surface area contributed by atoms with E-state index in [1.165, 1.54) is 18.4 Å². The normalized spacial score (nSPS) is 10.2. The van der Waals surface area contributed by atoms with E-state index < -0.39 is 5.97 Å². The number of amides is 1. The summed E-state index contributed by atoms with van der Waals surface area (Å²) < 4.78 is 4.76. The van der Waals surface area contributed by atoms with Gasteiger partial charge in [0.2, 0.25) is 5.91 Å². The van der Waals surface area contributed by atoms with E-state index in [2.05, 4.69) is 5.32 Å². The van der Waals surface area contributed by atoms with Gasteiger partial charge in [0.1, 0.15) is 5.00 Å². The molecule has 0 atom stereocenters. The summed E-state index contributed by atoms with van der Waals surface area (Å²) in [6.07, 6.45) is 0.943. The van der Waals surface area contributed by atoms with Gasteiger partial charge in [-0.15, -0.1) is 22.9 Å². The third kappa shape index (κ3) is 3.23. The summed E-state index contributed by atoms with van der Waals surface area (Å²) in [5.41, 5.74) is 1.39. The molecule has 1 heterocycles. The zero-order chi connectivity index (χ0) is 13.7. The first-order valence-electron chi connectivity index (χ1n) is 5.61. The molecule has 0 spiro atoms. The van der Waals surface area contributed by atoms with Crippen molar-refractivity contribution < 1.29 is 14.3 Å². The van der Waals surface area contributed by atoms with Crippen LogP contribution in [0.5, 0.6) is 0 Å². The molecule has 18 heavy (non-hydrogen) atoms. The average Bonchev–Trinajstić information content (AvgIpc) is 2.64. The maximum atomic E-state index is 11.8. The maximum Gasteiger partial charge on any atom is 0.341 e. The quantitative estimate of drug-likeness (QED) is 0.670. The minimum absolute atomic E-state index is 0.195. The third-order valence-corrected chi connectivity index (χ3v) is 3.78. The number of nitrogens with one attached hydrogen (secondary N) is 1. The van der Waals surface area contributed by atoms with Gasteiger partial charge in [-0.05, 0) is 18.9 Å². The lowest BCUT2D eigenvalue weighted by atomic mass is 10.1. The molecular formula is C12H16ClNO3S. The number of methoxy groups -OCH3 is 1. The Balaban J connectivity index is 3.10. The Morgan fingerprint density at radius 1 is 1.44 bits per heavy atom. The molecule has 0 radical (unpaired) electrons. The number of carbonyl (C=O) groups excluding carboxylic acids is 2. The van der Waals surface area contributed by atoms with Crippen LogP contribution in [-0.2, 0) is 16.0 Å². The Kier molecular flexibility index (Phi) is 5.62. The number of hydrogen-bond donors (Lipinski definition) is 1. The van der Waals surface area contributed by atoms with Crippen molar-refractivity contribution >= 4 is 39.8 Å². The second-order valence-corrected chi connectivity index (χ2v) is 5.28. The molecule has 6 heteroatoms. The number of hydrogen-bond acceptors (Lipinski definition) is 4. The highest BCUT2D eigenvalue weighted by molar-refractivity contribution is 7.16. The van der Waals surface area contributed by atoms with Crippen LogP contribution in [-0.4, -0.2) is 24.9 Å². The molecule has 0 aliphatic heterocycles. The molecule has 0 fully saturated rings. The summed E-state index contributed by atoms with van der Waals surface area (Å²) in [6, 6.07) is 0. The number of ether oxygens (including phenoxy) is 1. The van der Waals surface area contributed by atoms with Crippen LogP contribution in [0.2, 0.25) is 0 Å². The van der Waals surface area contributed by atoms with Crippen LogP contribution in [0.25, 0.3) is 0 Å². The minimum atomic E-state index is -0.419. The molecule has 1 aromatic rings. The number of carbonyl (C=O) groups is 2. The van der Waals surface area contributed by atoms with Crippen molar-refractivity contribution in [3.63, 3.8) is 0 Å². The van der Waals surface area contributed by atoms with Crippen molar-refractivity contribution in [1.82, 2.24) is 0 Å². The van der Waals surface area contributed by atoms with Crippen molar-refractivity contribution in [2.45, 2.75) is 26.7 Å². The van der Waals surface area contributed by atoms with Gasteiger partial charge >= 0.3 is 5.97 Å². The first-order valence-corrected chi connectivity index (χ1v) is 6.96. The SMILES string of the molecule is CCc1c(C)sc(NC(=O)CCCl)c1C(=O)OC. The van der Waals surface area contributed by atoms with E-state index in [4.69, 9.17) is 16.3 Å². The Morgan fingerprint density at radius 2 is 2.11 bits per heavy atom. The highest BCUT2D eigenvalue weighted by Gasteiger charge is 2.22. The fraction of sp³-hybridized carbons (Fsp3) is 0.500. The summed E-state index contributed by atoms with van der Waals surface area (Å²) in [7, 11) is 1.33. The molecule has 0 aromatic carbocycles. The van der Waals surface area contributed by atoms with Crippen molar-refractivity contribution in [2.24, 2.45) is 0 Å². The smallest absolute Gasteiger partial charge is 0.341 e. The molecule has 1 rings (SSSR count). The van der Waals surface area contributed by atoms with Crippen molar-refractivity contribution in [3.8, 4) is 0 Å². The summed E-state index contributed by atoms with van der Waals surface area (Å²) in [4.78, 5) is 24.3. The molecule has 0 saturated carbocycles. The summed E-state index contributed by atoms with van der Waals surface area (Å²) in [6.45, 7) is 3.89. The summed E-state index contributed by atoms with van der Waals surface area (Å²) in [5.74, 6) is -0.360. The first kappa shape index (κ1) is 15.0. The van der Waals surface area contributed by atoms with E-state index in [-0.39, 0.29) is 18.2 Å². The Hall–Kier alpha value is -1.07. The van der Waals surface area contributed by atoms with Gasteiger partial charge in [0.25, 0.3) is 0 Å². The Morgan fingerprint density at radius 3 is 2.61 bits per heavy atom. The van der Waals surface area contributed by atoms with Gasteiger partial charge in [0.15, 0.2) is 0 Å². The topological polar surface area (TPSA) is 55.4 Å². The lowest BCUT2D eigenvalue weighted by molar-refractivity contribution is -0.115. The second-order valence-electron chi connectivity index (χ2n) is 3.67. The molecule has 1 N–H and O–H groups in total. The van der Waals surface area contributed by atoms with Crippen LogP contribution in [0.4, 0.5) is 5.00 Å². The predicted molar refractivity (Wildman–Crippen MR) is 73.7 cm³/mol. The van der Waals surface area contributed by atoms with E-state index in [0.29, 0.717) is 10.6 Å². The molecule has 0 aliphatic carbocycles. The summed E-state index contributed by atoms with van der Waals surface area (Å²) >= 11 is 6.89. The van der Waals surface area contributed by atoms with Gasteiger partial charge in [-0.25, -0.2) is 4.79 Å². The molecule has 0 aliphatic rings. The predicted octanol–water partition coefficient (Wildman–Crippen LogP) is 2.97. The van der Waals surface area contributed by atoms with Gasteiger partial charge in [-0.2, -0.15) is 0 Å². The summed E-state index contributed by atoms with van der Waals surface area (Å²) in [5, 5.41) is 3.26. The van der Waals surface area contributed by atoms with Crippen LogP contribution >= 0.6 is 22.9 Å². The lowest BCUT2D eigenvalue weighted by Crippen LogP contribution is -2.14.